The third-order valence-electron chi connectivity index (χ3n) is 5.61. The fourth-order valence-corrected chi connectivity index (χ4v) is 3.80. The zero-order valence-electron chi connectivity index (χ0n) is 13.3. The van der Waals surface area contributed by atoms with Crippen molar-refractivity contribution in [3.8, 4) is 0 Å². The van der Waals surface area contributed by atoms with Crippen molar-refractivity contribution < 1.29 is 9.53 Å². The SMILES string of the molecule is CCC1CCCC(OCC(NC2CC2)(C(N)=O)C2CC2)C1. The Morgan fingerprint density at radius 1 is 1.24 bits per heavy atom. The van der Waals surface area contributed by atoms with Gasteiger partial charge in [0.2, 0.25) is 5.91 Å². The summed E-state index contributed by atoms with van der Waals surface area (Å²) in [6.07, 6.45) is 11.0. The van der Waals surface area contributed by atoms with Gasteiger partial charge in [-0.2, -0.15) is 0 Å². The molecular weight excluding hydrogens is 264 g/mol. The summed E-state index contributed by atoms with van der Waals surface area (Å²) in [4.78, 5) is 12.1. The Morgan fingerprint density at radius 2 is 2.00 bits per heavy atom. The highest BCUT2D eigenvalue weighted by Crippen LogP contribution is 2.42. The van der Waals surface area contributed by atoms with E-state index in [1.54, 1.807) is 0 Å². The first kappa shape index (κ1) is 15.3. The van der Waals surface area contributed by atoms with Crippen molar-refractivity contribution in [1.82, 2.24) is 5.32 Å². The fraction of sp³-hybridized carbons (Fsp3) is 0.941. The molecule has 0 saturated heterocycles. The van der Waals surface area contributed by atoms with Crippen LogP contribution in [0, 0.1) is 11.8 Å². The molecule has 3 atom stereocenters. The van der Waals surface area contributed by atoms with E-state index in [1.165, 1.54) is 32.1 Å². The van der Waals surface area contributed by atoms with Crippen LogP contribution >= 0.6 is 0 Å². The summed E-state index contributed by atoms with van der Waals surface area (Å²) in [6.45, 7) is 2.74. The maximum atomic E-state index is 12.1. The van der Waals surface area contributed by atoms with E-state index in [2.05, 4.69) is 12.2 Å². The molecule has 0 heterocycles. The van der Waals surface area contributed by atoms with Gasteiger partial charge >= 0.3 is 0 Å². The maximum Gasteiger partial charge on any atom is 0.240 e. The van der Waals surface area contributed by atoms with Gasteiger partial charge in [0.15, 0.2) is 0 Å². The molecule has 3 aliphatic carbocycles. The smallest absolute Gasteiger partial charge is 0.240 e. The number of nitrogens with two attached hydrogens (primary N) is 1. The number of hydrogen-bond donors (Lipinski definition) is 2. The molecule has 3 unspecified atom stereocenters. The van der Waals surface area contributed by atoms with Gasteiger partial charge in [-0.05, 0) is 50.4 Å². The summed E-state index contributed by atoms with van der Waals surface area (Å²) in [7, 11) is 0. The molecule has 3 rings (SSSR count). The van der Waals surface area contributed by atoms with Gasteiger partial charge in [-0.3, -0.25) is 10.1 Å². The van der Waals surface area contributed by atoms with Crippen LogP contribution in [0.2, 0.25) is 0 Å². The zero-order valence-corrected chi connectivity index (χ0v) is 13.3. The number of hydrogen-bond acceptors (Lipinski definition) is 3. The molecule has 3 saturated carbocycles. The summed E-state index contributed by atoms with van der Waals surface area (Å²) < 4.78 is 6.21. The lowest BCUT2D eigenvalue weighted by Crippen LogP contribution is -2.61. The van der Waals surface area contributed by atoms with Crippen molar-refractivity contribution in [2.45, 2.75) is 82.4 Å². The number of amides is 1. The summed E-state index contributed by atoms with van der Waals surface area (Å²) in [5.74, 6) is 0.977. The highest BCUT2D eigenvalue weighted by Gasteiger charge is 2.52. The lowest BCUT2D eigenvalue weighted by atomic mass is 9.85. The van der Waals surface area contributed by atoms with E-state index < -0.39 is 5.54 Å². The molecule has 0 radical (unpaired) electrons. The van der Waals surface area contributed by atoms with Gasteiger partial charge in [0.1, 0.15) is 5.54 Å². The standard InChI is InChI=1S/C17H30N2O2/c1-2-12-4-3-5-15(10-12)21-11-17(16(18)20,13-6-7-13)19-14-8-9-14/h12-15,19H,2-11H2,1H3,(H2,18,20). The second-order valence-electron chi connectivity index (χ2n) is 7.40. The molecule has 3 fully saturated rings. The van der Waals surface area contributed by atoms with E-state index in [4.69, 9.17) is 10.5 Å². The summed E-state index contributed by atoms with van der Waals surface area (Å²) in [6, 6.07) is 0.483. The number of nitrogens with one attached hydrogen (secondary N) is 1. The van der Waals surface area contributed by atoms with Crippen LogP contribution in [-0.4, -0.2) is 30.2 Å². The molecule has 4 nitrogen and oxygen atoms in total. The molecule has 3 N–H and O–H groups in total. The number of carbonyl (C=O) groups is 1. The first-order valence-corrected chi connectivity index (χ1v) is 8.83. The molecule has 0 aromatic rings. The Hall–Kier alpha value is -0.610. The minimum Gasteiger partial charge on any atom is -0.376 e. The second-order valence-corrected chi connectivity index (χ2v) is 7.40. The van der Waals surface area contributed by atoms with E-state index in [0.717, 1.165) is 31.6 Å². The predicted molar refractivity (Wildman–Crippen MR) is 82.8 cm³/mol. The van der Waals surface area contributed by atoms with Gasteiger partial charge in [0.05, 0.1) is 12.7 Å². The topological polar surface area (TPSA) is 64.3 Å². The van der Waals surface area contributed by atoms with E-state index in [0.29, 0.717) is 24.7 Å². The monoisotopic (exact) mass is 294 g/mol. The minimum atomic E-state index is -0.597. The molecule has 0 aliphatic heterocycles. The van der Waals surface area contributed by atoms with Gasteiger partial charge in [-0.15, -0.1) is 0 Å². The molecule has 1 amide bonds. The average molecular weight is 294 g/mol. The Bertz CT molecular complexity index is 379. The Labute approximate surface area is 128 Å². The van der Waals surface area contributed by atoms with Crippen LogP contribution in [0.5, 0.6) is 0 Å². The van der Waals surface area contributed by atoms with Crippen LogP contribution in [0.15, 0.2) is 0 Å². The Balaban J connectivity index is 1.59. The third-order valence-corrected chi connectivity index (χ3v) is 5.61. The fourth-order valence-electron chi connectivity index (χ4n) is 3.80. The van der Waals surface area contributed by atoms with Gasteiger partial charge in [0.25, 0.3) is 0 Å². The minimum absolute atomic E-state index is 0.209. The molecule has 0 aromatic heterocycles. The molecule has 21 heavy (non-hydrogen) atoms. The normalized spacial score (nSPS) is 32.6. The van der Waals surface area contributed by atoms with Crippen LogP contribution in [-0.2, 0) is 9.53 Å². The summed E-state index contributed by atoms with van der Waals surface area (Å²) in [5.41, 5.74) is 5.18. The van der Waals surface area contributed by atoms with Crippen LogP contribution < -0.4 is 11.1 Å². The van der Waals surface area contributed by atoms with Crippen molar-refractivity contribution in [2.75, 3.05) is 6.61 Å². The molecular formula is C17H30N2O2. The lowest BCUT2D eigenvalue weighted by molar-refractivity contribution is -0.130. The highest BCUT2D eigenvalue weighted by molar-refractivity contribution is 5.86. The van der Waals surface area contributed by atoms with E-state index in [1.807, 2.05) is 0 Å². The number of ether oxygens (including phenoxy) is 1. The van der Waals surface area contributed by atoms with Gasteiger partial charge in [0, 0.05) is 6.04 Å². The first-order valence-electron chi connectivity index (χ1n) is 8.83. The highest BCUT2D eigenvalue weighted by atomic mass is 16.5. The lowest BCUT2D eigenvalue weighted by Gasteiger charge is -2.35. The molecule has 0 aromatic carbocycles. The van der Waals surface area contributed by atoms with Crippen LogP contribution in [0.4, 0.5) is 0 Å². The van der Waals surface area contributed by atoms with Crippen molar-refractivity contribution in [2.24, 2.45) is 17.6 Å². The van der Waals surface area contributed by atoms with Crippen molar-refractivity contribution in [3.05, 3.63) is 0 Å². The van der Waals surface area contributed by atoms with E-state index in [9.17, 15) is 4.79 Å². The van der Waals surface area contributed by atoms with E-state index >= 15 is 0 Å². The molecule has 4 heteroatoms. The summed E-state index contributed by atoms with van der Waals surface area (Å²) in [5, 5.41) is 3.53. The van der Waals surface area contributed by atoms with Crippen LogP contribution in [0.1, 0.15) is 64.7 Å². The zero-order chi connectivity index (χ0) is 14.9. The molecule has 0 bridgehead atoms. The van der Waals surface area contributed by atoms with Gasteiger partial charge < -0.3 is 10.5 Å². The van der Waals surface area contributed by atoms with E-state index in [-0.39, 0.29) is 5.91 Å². The largest absolute Gasteiger partial charge is 0.376 e. The van der Waals surface area contributed by atoms with Crippen LogP contribution in [0.3, 0.4) is 0 Å². The molecule has 3 aliphatic rings. The maximum absolute atomic E-state index is 12.1. The van der Waals surface area contributed by atoms with Crippen molar-refractivity contribution in [3.63, 3.8) is 0 Å². The quantitative estimate of drug-likeness (QED) is 0.722. The molecule has 120 valence electrons. The average Bonchev–Trinajstić information content (AvgIpc) is 3.36. The Morgan fingerprint density at radius 3 is 2.57 bits per heavy atom. The second kappa shape index (κ2) is 6.25. The van der Waals surface area contributed by atoms with Crippen molar-refractivity contribution >= 4 is 5.91 Å². The predicted octanol–water partition coefficient (Wildman–Crippen LogP) is 2.36. The summed E-state index contributed by atoms with van der Waals surface area (Å²) >= 11 is 0. The first-order chi connectivity index (χ1) is 10.1. The number of primary amides is 1. The molecule has 0 spiro atoms. The number of carbonyl (C=O) groups excluding carboxylic acids is 1. The third kappa shape index (κ3) is 3.59. The van der Waals surface area contributed by atoms with Crippen LogP contribution in [0.25, 0.3) is 0 Å². The van der Waals surface area contributed by atoms with Gasteiger partial charge in [-0.25, -0.2) is 0 Å². The number of rotatable bonds is 8. The Kier molecular flexibility index (Phi) is 4.55. The van der Waals surface area contributed by atoms with Gasteiger partial charge in [-0.1, -0.05) is 26.2 Å². The van der Waals surface area contributed by atoms with Crippen molar-refractivity contribution in [1.29, 1.82) is 0 Å².